The summed E-state index contributed by atoms with van der Waals surface area (Å²) >= 11 is 0. The number of aliphatic carboxylic acids is 1. The van der Waals surface area contributed by atoms with Crippen LogP contribution in [0.15, 0.2) is 24.3 Å². The first-order valence-electron chi connectivity index (χ1n) is 7.52. The highest BCUT2D eigenvalue weighted by molar-refractivity contribution is 5.73. The van der Waals surface area contributed by atoms with Gasteiger partial charge in [0, 0.05) is 6.54 Å². The molecular weight excluding hydrogens is 280 g/mol. The van der Waals surface area contributed by atoms with Crippen LogP contribution in [-0.2, 0) is 30.8 Å². The first-order valence-corrected chi connectivity index (χ1v) is 7.52. The highest BCUT2D eigenvalue weighted by atomic mass is 16.4. The molecule has 0 saturated carbocycles. The van der Waals surface area contributed by atoms with Crippen molar-refractivity contribution >= 4 is 5.97 Å². The summed E-state index contributed by atoms with van der Waals surface area (Å²) in [7, 11) is 0. The van der Waals surface area contributed by atoms with Crippen molar-refractivity contribution in [3.63, 3.8) is 0 Å². The molecule has 1 N–H and O–H groups in total. The molecule has 3 rings (SSSR count). The number of aromatic nitrogens is 3. The average molecular weight is 300 g/mol. The number of carbonyl (C=O) groups is 1. The van der Waals surface area contributed by atoms with Gasteiger partial charge in [-0.3, -0.25) is 9.69 Å². The number of aryl methyl sites for hydroxylation is 2. The minimum absolute atomic E-state index is 0.400. The number of carboxylic acids is 1. The van der Waals surface area contributed by atoms with Gasteiger partial charge >= 0.3 is 5.97 Å². The molecule has 6 nitrogen and oxygen atoms in total. The fourth-order valence-electron chi connectivity index (χ4n) is 2.94. The van der Waals surface area contributed by atoms with Crippen molar-refractivity contribution in [2.45, 2.75) is 45.9 Å². The molecule has 22 heavy (non-hydrogen) atoms. The lowest BCUT2D eigenvalue weighted by molar-refractivity contribution is -0.145. The van der Waals surface area contributed by atoms with Crippen LogP contribution in [0.2, 0.25) is 0 Å². The third kappa shape index (κ3) is 2.74. The molecule has 1 aromatic heterocycles. The van der Waals surface area contributed by atoms with Crippen LogP contribution in [0.5, 0.6) is 0 Å². The van der Waals surface area contributed by atoms with E-state index < -0.39 is 12.0 Å². The fraction of sp³-hybridized carbons (Fsp3) is 0.438. The smallest absolute Gasteiger partial charge is 0.322 e. The molecule has 1 aliphatic rings. The number of hydrogen-bond donors (Lipinski definition) is 1. The third-order valence-corrected chi connectivity index (χ3v) is 4.22. The first-order chi connectivity index (χ1) is 10.6. The summed E-state index contributed by atoms with van der Waals surface area (Å²) in [5.41, 5.74) is 2.40. The minimum atomic E-state index is -0.801. The van der Waals surface area contributed by atoms with Crippen LogP contribution in [0.4, 0.5) is 0 Å². The van der Waals surface area contributed by atoms with Crippen LogP contribution in [0.3, 0.4) is 0 Å². The Morgan fingerprint density at radius 1 is 1.36 bits per heavy atom. The zero-order valence-corrected chi connectivity index (χ0v) is 12.9. The topological polar surface area (TPSA) is 71.2 Å². The first kappa shape index (κ1) is 14.7. The molecule has 0 saturated heterocycles. The second-order valence-corrected chi connectivity index (χ2v) is 5.71. The van der Waals surface area contributed by atoms with Crippen molar-refractivity contribution in [1.82, 2.24) is 19.7 Å². The van der Waals surface area contributed by atoms with E-state index in [0.717, 1.165) is 23.6 Å². The molecule has 1 atom stereocenters. The van der Waals surface area contributed by atoms with Crippen LogP contribution in [0.25, 0.3) is 0 Å². The Morgan fingerprint density at radius 2 is 2.14 bits per heavy atom. The lowest BCUT2D eigenvalue weighted by Crippen LogP contribution is -2.47. The van der Waals surface area contributed by atoms with Crippen molar-refractivity contribution in [2.24, 2.45) is 0 Å². The predicted molar refractivity (Wildman–Crippen MR) is 81.2 cm³/mol. The van der Waals surface area contributed by atoms with Gasteiger partial charge in [-0.2, -0.15) is 0 Å². The monoisotopic (exact) mass is 300 g/mol. The maximum absolute atomic E-state index is 11.6. The SMILES string of the molecule is CCc1cccc(CN2Cc3nnc(C)n3CC2C(=O)O)c1. The normalized spacial score (nSPS) is 18.2. The molecule has 6 heteroatoms. The summed E-state index contributed by atoms with van der Waals surface area (Å²) in [5.74, 6) is 0.806. The van der Waals surface area contributed by atoms with Crippen molar-refractivity contribution < 1.29 is 9.90 Å². The van der Waals surface area contributed by atoms with E-state index >= 15 is 0 Å². The predicted octanol–water partition coefficient (Wildman–Crippen LogP) is 1.62. The van der Waals surface area contributed by atoms with Crippen molar-refractivity contribution in [3.8, 4) is 0 Å². The van der Waals surface area contributed by atoms with Crippen LogP contribution in [0.1, 0.15) is 29.7 Å². The highest BCUT2D eigenvalue weighted by Crippen LogP contribution is 2.21. The van der Waals surface area contributed by atoms with E-state index in [4.69, 9.17) is 0 Å². The summed E-state index contributed by atoms with van der Waals surface area (Å²) in [6, 6.07) is 7.76. The van der Waals surface area contributed by atoms with E-state index in [2.05, 4.69) is 29.3 Å². The van der Waals surface area contributed by atoms with Crippen molar-refractivity contribution in [3.05, 3.63) is 47.0 Å². The summed E-state index contributed by atoms with van der Waals surface area (Å²) < 4.78 is 1.90. The molecule has 1 unspecified atom stereocenters. The third-order valence-electron chi connectivity index (χ3n) is 4.22. The number of nitrogens with zero attached hydrogens (tertiary/aromatic N) is 4. The van der Waals surface area contributed by atoms with Crippen molar-refractivity contribution in [1.29, 1.82) is 0 Å². The summed E-state index contributed by atoms with van der Waals surface area (Å²) in [5, 5.41) is 17.8. The van der Waals surface area contributed by atoms with Gasteiger partial charge in [-0.25, -0.2) is 0 Å². The number of hydrogen-bond acceptors (Lipinski definition) is 4. The number of fused-ring (bicyclic) bond motifs is 1. The maximum Gasteiger partial charge on any atom is 0.322 e. The number of rotatable bonds is 4. The van der Waals surface area contributed by atoms with E-state index in [9.17, 15) is 9.90 Å². The Bertz CT molecular complexity index is 695. The van der Waals surface area contributed by atoms with Gasteiger partial charge in [0.1, 0.15) is 17.7 Å². The fourth-order valence-corrected chi connectivity index (χ4v) is 2.94. The highest BCUT2D eigenvalue weighted by Gasteiger charge is 2.33. The molecule has 0 amide bonds. The molecule has 0 aliphatic carbocycles. The molecule has 116 valence electrons. The number of benzene rings is 1. The van der Waals surface area contributed by atoms with Crippen molar-refractivity contribution in [2.75, 3.05) is 0 Å². The molecule has 1 aliphatic heterocycles. The van der Waals surface area contributed by atoms with Gasteiger partial charge in [0.15, 0.2) is 0 Å². The summed E-state index contributed by atoms with van der Waals surface area (Å²) in [4.78, 5) is 13.6. The Kier molecular flexibility index (Phi) is 3.94. The van der Waals surface area contributed by atoms with Gasteiger partial charge in [-0.1, -0.05) is 31.2 Å². The zero-order chi connectivity index (χ0) is 15.7. The maximum atomic E-state index is 11.6. The molecule has 2 aromatic rings. The van der Waals surface area contributed by atoms with Crippen LogP contribution < -0.4 is 0 Å². The molecule has 0 radical (unpaired) electrons. The Labute approximate surface area is 129 Å². The Hall–Kier alpha value is -2.21. The lowest BCUT2D eigenvalue weighted by atomic mass is 10.1. The average Bonchev–Trinajstić information content (AvgIpc) is 2.87. The van der Waals surface area contributed by atoms with E-state index in [1.54, 1.807) is 0 Å². The summed E-state index contributed by atoms with van der Waals surface area (Å²) in [6.45, 7) is 5.49. The molecule has 2 heterocycles. The molecule has 1 aromatic carbocycles. The van der Waals surface area contributed by atoms with Gasteiger partial charge < -0.3 is 9.67 Å². The van der Waals surface area contributed by atoms with E-state index in [1.807, 2.05) is 28.5 Å². The Balaban J connectivity index is 1.86. The molecule has 0 fully saturated rings. The largest absolute Gasteiger partial charge is 0.480 e. The van der Waals surface area contributed by atoms with Gasteiger partial charge in [0.2, 0.25) is 0 Å². The molecular formula is C16H20N4O2. The van der Waals surface area contributed by atoms with Crippen LogP contribution in [-0.4, -0.2) is 36.8 Å². The second-order valence-electron chi connectivity index (χ2n) is 5.71. The Morgan fingerprint density at radius 3 is 2.86 bits per heavy atom. The quantitative estimate of drug-likeness (QED) is 0.929. The number of carboxylic acid groups (broad SMARTS) is 1. The van der Waals surface area contributed by atoms with E-state index in [0.29, 0.717) is 19.6 Å². The van der Waals surface area contributed by atoms with E-state index in [-0.39, 0.29) is 0 Å². The van der Waals surface area contributed by atoms with Gasteiger partial charge in [0.05, 0.1) is 13.1 Å². The molecule has 0 spiro atoms. The standard InChI is InChI=1S/C16H20N4O2/c1-3-12-5-4-6-13(7-12)8-19-10-15-18-17-11(2)20(15)9-14(19)16(21)22/h4-7,14H,3,8-10H2,1-2H3,(H,21,22). The summed E-state index contributed by atoms with van der Waals surface area (Å²) in [6.07, 6.45) is 0.976. The van der Waals surface area contributed by atoms with Gasteiger partial charge in [-0.15, -0.1) is 10.2 Å². The van der Waals surface area contributed by atoms with E-state index in [1.165, 1.54) is 5.56 Å². The molecule has 0 bridgehead atoms. The zero-order valence-electron chi connectivity index (χ0n) is 12.9. The minimum Gasteiger partial charge on any atom is -0.480 e. The lowest BCUT2D eigenvalue weighted by Gasteiger charge is -2.33. The van der Waals surface area contributed by atoms with Gasteiger partial charge in [0.25, 0.3) is 0 Å². The van der Waals surface area contributed by atoms with Gasteiger partial charge in [-0.05, 0) is 24.5 Å². The van der Waals surface area contributed by atoms with Crippen LogP contribution in [0, 0.1) is 6.92 Å². The second kappa shape index (κ2) is 5.88. The van der Waals surface area contributed by atoms with Crippen LogP contribution >= 0.6 is 0 Å².